The first kappa shape index (κ1) is 21.1. The molecule has 2 aromatic rings. The third kappa shape index (κ3) is 3.91. The second-order valence-corrected chi connectivity index (χ2v) is 8.64. The minimum atomic E-state index is -4.48. The highest BCUT2D eigenvalue weighted by atomic mass is 19.4. The first-order valence-corrected chi connectivity index (χ1v) is 10.6. The summed E-state index contributed by atoms with van der Waals surface area (Å²) < 4.78 is 68.8. The van der Waals surface area contributed by atoms with Crippen molar-refractivity contribution in [3.63, 3.8) is 0 Å². The average Bonchev–Trinajstić information content (AvgIpc) is 2.71. The number of fused-ring (bicyclic) bond motifs is 3. The third-order valence-electron chi connectivity index (χ3n) is 6.89. The molecule has 0 unspecified atom stereocenters. The zero-order valence-electron chi connectivity index (χ0n) is 16.7. The summed E-state index contributed by atoms with van der Waals surface area (Å²) in [6.07, 6.45) is 4.06. The average molecular weight is 420 g/mol. The number of hydrogen-bond acceptors (Lipinski definition) is 0. The molecule has 0 spiro atoms. The summed E-state index contributed by atoms with van der Waals surface area (Å²) in [5.41, 5.74) is 0.383. The quantitative estimate of drug-likeness (QED) is 0.347. The van der Waals surface area contributed by atoms with E-state index in [9.17, 15) is 17.6 Å². The maximum absolute atomic E-state index is 15.4. The van der Waals surface area contributed by atoms with E-state index < -0.39 is 23.4 Å². The van der Waals surface area contributed by atoms with Gasteiger partial charge in [0.1, 0.15) is 11.6 Å². The van der Waals surface area contributed by atoms with Crippen LogP contribution in [0.25, 0.3) is 11.1 Å². The Kier molecular flexibility index (Phi) is 5.73. The zero-order chi connectivity index (χ0) is 21.5. The summed E-state index contributed by atoms with van der Waals surface area (Å²) in [7, 11) is 0. The maximum Gasteiger partial charge on any atom is 0.416 e. The standard InChI is InChI=1S/C25H25F5/c1-2-3-4-15-5-11-19-17(13-15)8-12-20-21(19)14-22(26)23(24(20)27)16-6-9-18(10-7-16)25(28,29)30/h2,6-7,9-10,14-15,17,19H,1,3-5,8,11-13H2/t15-,17-,19+/m1/s1. The summed E-state index contributed by atoms with van der Waals surface area (Å²) in [6.45, 7) is 3.79. The van der Waals surface area contributed by atoms with Crippen LogP contribution < -0.4 is 0 Å². The van der Waals surface area contributed by atoms with E-state index in [2.05, 4.69) is 6.58 Å². The van der Waals surface area contributed by atoms with E-state index in [0.29, 0.717) is 23.8 Å². The highest BCUT2D eigenvalue weighted by molar-refractivity contribution is 5.67. The Hall–Kier alpha value is -2.17. The summed E-state index contributed by atoms with van der Waals surface area (Å²) in [4.78, 5) is 0. The molecule has 0 heterocycles. The Balaban J connectivity index is 1.64. The molecule has 0 bridgehead atoms. The van der Waals surface area contributed by atoms with Crippen LogP contribution in [-0.2, 0) is 12.6 Å². The highest BCUT2D eigenvalue weighted by Crippen LogP contribution is 2.49. The van der Waals surface area contributed by atoms with Gasteiger partial charge in [-0.25, -0.2) is 8.78 Å². The van der Waals surface area contributed by atoms with Crippen molar-refractivity contribution in [2.75, 3.05) is 0 Å². The Morgan fingerprint density at radius 1 is 1.03 bits per heavy atom. The molecule has 30 heavy (non-hydrogen) atoms. The van der Waals surface area contributed by atoms with Gasteiger partial charge in [0, 0.05) is 0 Å². The van der Waals surface area contributed by atoms with E-state index in [1.807, 2.05) is 6.08 Å². The molecular weight excluding hydrogens is 395 g/mol. The van der Waals surface area contributed by atoms with Gasteiger partial charge < -0.3 is 0 Å². The van der Waals surface area contributed by atoms with E-state index in [1.165, 1.54) is 6.07 Å². The molecule has 2 aliphatic rings. The Bertz CT molecular complexity index is 926. The predicted molar refractivity (Wildman–Crippen MR) is 108 cm³/mol. The number of rotatable bonds is 4. The monoisotopic (exact) mass is 420 g/mol. The second kappa shape index (κ2) is 8.16. The van der Waals surface area contributed by atoms with E-state index in [-0.39, 0.29) is 17.0 Å². The predicted octanol–water partition coefficient (Wildman–Crippen LogP) is 8.06. The van der Waals surface area contributed by atoms with Crippen molar-refractivity contribution in [2.24, 2.45) is 11.8 Å². The lowest BCUT2D eigenvalue weighted by Gasteiger charge is -2.41. The fourth-order valence-electron chi connectivity index (χ4n) is 5.39. The smallest absolute Gasteiger partial charge is 0.206 e. The highest BCUT2D eigenvalue weighted by Gasteiger charge is 2.37. The summed E-state index contributed by atoms with van der Waals surface area (Å²) in [6, 6.07) is 5.47. The Morgan fingerprint density at radius 3 is 2.43 bits per heavy atom. The summed E-state index contributed by atoms with van der Waals surface area (Å²) >= 11 is 0. The first-order chi connectivity index (χ1) is 14.3. The molecule has 0 aromatic heterocycles. The Morgan fingerprint density at radius 2 is 1.77 bits per heavy atom. The van der Waals surface area contributed by atoms with Gasteiger partial charge in [0.05, 0.1) is 11.1 Å². The molecule has 2 aromatic carbocycles. The van der Waals surface area contributed by atoms with Crippen LogP contribution in [0.3, 0.4) is 0 Å². The van der Waals surface area contributed by atoms with Crippen molar-refractivity contribution in [2.45, 2.75) is 57.0 Å². The fourth-order valence-corrected chi connectivity index (χ4v) is 5.39. The van der Waals surface area contributed by atoms with Crippen LogP contribution in [0.1, 0.15) is 61.1 Å². The van der Waals surface area contributed by atoms with Gasteiger partial charge in [-0.15, -0.1) is 6.58 Å². The molecule has 0 aliphatic heterocycles. The van der Waals surface area contributed by atoms with Crippen molar-refractivity contribution >= 4 is 0 Å². The SMILES string of the molecule is C=CCC[C@@H]1CC[C@@H]2c3cc(F)c(-c4ccc(C(F)(F)F)cc4)c(F)c3CC[C@@H]2C1. The van der Waals surface area contributed by atoms with Gasteiger partial charge in [-0.2, -0.15) is 13.2 Å². The van der Waals surface area contributed by atoms with Crippen LogP contribution in [-0.4, -0.2) is 0 Å². The third-order valence-corrected chi connectivity index (χ3v) is 6.89. The van der Waals surface area contributed by atoms with Crippen LogP contribution in [0.4, 0.5) is 22.0 Å². The normalized spacial score (nSPS) is 23.6. The number of allylic oxidation sites excluding steroid dienone is 1. The molecule has 4 rings (SSSR count). The number of halogens is 5. The molecule has 2 aliphatic carbocycles. The van der Waals surface area contributed by atoms with Crippen molar-refractivity contribution in [3.8, 4) is 11.1 Å². The van der Waals surface area contributed by atoms with Crippen molar-refractivity contribution in [1.82, 2.24) is 0 Å². The lowest BCUT2D eigenvalue weighted by atomic mass is 9.64. The van der Waals surface area contributed by atoms with Gasteiger partial charge >= 0.3 is 6.18 Å². The number of benzene rings is 2. The van der Waals surface area contributed by atoms with Crippen LogP contribution in [0.5, 0.6) is 0 Å². The van der Waals surface area contributed by atoms with Crippen LogP contribution in [0, 0.1) is 23.5 Å². The Labute approximate surface area is 173 Å². The summed E-state index contributed by atoms with van der Waals surface area (Å²) in [5, 5.41) is 0. The molecule has 1 fully saturated rings. The molecular formula is C25H25F5. The number of hydrogen-bond donors (Lipinski definition) is 0. The molecule has 0 radical (unpaired) electrons. The van der Waals surface area contributed by atoms with Gasteiger partial charge in [0.25, 0.3) is 0 Å². The minimum Gasteiger partial charge on any atom is -0.206 e. The van der Waals surface area contributed by atoms with Gasteiger partial charge in [0.2, 0.25) is 0 Å². The van der Waals surface area contributed by atoms with E-state index in [0.717, 1.165) is 68.4 Å². The molecule has 0 nitrogen and oxygen atoms in total. The first-order valence-electron chi connectivity index (χ1n) is 10.6. The van der Waals surface area contributed by atoms with Crippen LogP contribution in [0.2, 0.25) is 0 Å². The van der Waals surface area contributed by atoms with Crippen molar-refractivity contribution < 1.29 is 22.0 Å². The van der Waals surface area contributed by atoms with E-state index in [4.69, 9.17) is 0 Å². The van der Waals surface area contributed by atoms with Crippen molar-refractivity contribution in [1.29, 1.82) is 0 Å². The molecule has 5 heteroatoms. The van der Waals surface area contributed by atoms with Gasteiger partial charge in [-0.05, 0) is 97.6 Å². The van der Waals surface area contributed by atoms with E-state index in [1.54, 1.807) is 0 Å². The van der Waals surface area contributed by atoms with E-state index >= 15 is 4.39 Å². The molecule has 0 N–H and O–H groups in total. The molecule has 1 saturated carbocycles. The van der Waals surface area contributed by atoms with Gasteiger partial charge in [-0.1, -0.05) is 18.2 Å². The lowest BCUT2D eigenvalue weighted by molar-refractivity contribution is -0.137. The fraction of sp³-hybridized carbons (Fsp3) is 0.440. The maximum atomic E-state index is 15.4. The minimum absolute atomic E-state index is 0.135. The largest absolute Gasteiger partial charge is 0.416 e. The lowest BCUT2D eigenvalue weighted by Crippen LogP contribution is -2.29. The van der Waals surface area contributed by atoms with Crippen molar-refractivity contribution in [3.05, 3.63) is 71.3 Å². The molecule has 0 amide bonds. The summed E-state index contributed by atoms with van der Waals surface area (Å²) in [5.74, 6) is -0.0551. The van der Waals surface area contributed by atoms with Gasteiger partial charge in [0.15, 0.2) is 0 Å². The molecule has 3 atom stereocenters. The van der Waals surface area contributed by atoms with Crippen LogP contribution in [0.15, 0.2) is 43.0 Å². The van der Waals surface area contributed by atoms with Crippen LogP contribution >= 0.6 is 0 Å². The zero-order valence-corrected chi connectivity index (χ0v) is 16.7. The molecule has 160 valence electrons. The van der Waals surface area contributed by atoms with Gasteiger partial charge in [-0.3, -0.25) is 0 Å². The molecule has 0 saturated heterocycles. The topological polar surface area (TPSA) is 0 Å². The number of alkyl halides is 3. The second-order valence-electron chi connectivity index (χ2n) is 8.64.